The molecule has 2 aromatic rings. The Morgan fingerprint density at radius 1 is 1.00 bits per heavy atom. The van der Waals surface area contributed by atoms with Crippen molar-refractivity contribution in [2.75, 3.05) is 7.05 Å². The normalized spacial score (nSPS) is 12.5. The third-order valence-corrected chi connectivity index (χ3v) is 4.00. The van der Waals surface area contributed by atoms with Crippen LogP contribution in [-0.4, -0.2) is 7.05 Å². The average molecular weight is 292 g/mol. The van der Waals surface area contributed by atoms with E-state index in [1.165, 1.54) is 6.07 Å². The molecule has 0 aliphatic heterocycles. The summed E-state index contributed by atoms with van der Waals surface area (Å²) in [6.07, 6.45) is 0. The highest BCUT2D eigenvalue weighted by atomic mass is 35.5. The van der Waals surface area contributed by atoms with E-state index in [9.17, 15) is 4.39 Å². The van der Waals surface area contributed by atoms with Crippen LogP contribution in [0.3, 0.4) is 0 Å². The summed E-state index contributed by atoms with van der Waals surface area (Å²) in [6.45, 7) is 6.01. The van der Waals surface area contributed by atoms with Gasteiger partial charge in [-0.15, -0.1) is 0 Å². The van der Waals surface area contributed by atoms with E-state index in [0.717, 1.165) is 22.3 Å². The van der Waals surface area contributed by atoms with Crippen LogP contribution >= 0.6 is 11.6 Å². The molecule has 1 atom stereocenters. The van der Waals surface area contributed by atoms with Crippen molar-refractivity contribution in [1.29, 1.82) is 0 Å². The van der Waals surface area contributed by atoms with Crippen LogP contribution in [0.25, 0.3) is 0 Å². The summed E-state index contributed by atoms with van der Waals surface area (Å²) in [5, 5.41) is 3.83. The topological polar surface area (TPSA) is 12.0 Å². The van der Waals surface area contributed by atoms with E-state index >= 15 is 0 Å². The Hall–Kier alpha value is -1.38. The maximum absolute atomic E-state index is 14.1. The molecule has 0 radical (unpaired) electrons. The summed E-state index contributed by atoms with van der Waals surface area (Å²) in [7, 11) is 1.82. The van der Waals surface area contributed by atoms with Gasteiger partial charge in [-0.3, -0.25) is 0 Å². The molecule has 106 valence electrons. The standard InChI is InChI=1S/C17H19ClFN/c1-10-5-6-16(19)14(7-10)17(20-4)13-8-11(2)12(3)9-15(13)18/h5-9,17,20H,1-4H3. The molecule has 0 amide bonds. The van der Waals surface area contributed by atoms with Crippen molar-refractivity contribution in [2.24, 2.45) is 0 Å². The van der Waals surface area contributed by atoms with Gasteiger partial charge < -0.3 is 5.32 Å². The van der Waals surface area contributed by atoms with Crippen molar-refractivity contribution >= 4 is 11.6 Å². The molecule has 20 heavy (non-hydrogen) atoms. The maximum Gasteiger partial charge on any atom is 0.128 e. The second kappa shape index (κ2) is 5.94. The molecule has 2 aromatic carbocycles. The van der Waals surface area contributed by atoms with Crippen LogP contribution in [0.4, 0.5) is 4.39 Å². The molecule has 2 rings (SSSR count). The van der Waals surface area contributed by atoms with Gasteiger partial charge in [-0.1, -0.05) is 35.4 Å². The predicted molar refractivity (Wildman–Crippen MR) is 83.0 cm³/mol. The van der Waals surface area contributed by atoms with Gasteiger partial charge in [-0.2, -0.15) is 0 Å². The second-order valence-electron chi connectivity index (χ2n) is 5.20. The van der Waals surface area contributed by atoms with Gasteiger partial charge >= 0.3 is 0 Å². The number of hydrogen-bond acceptors (Lipinski definition) is 1. The van der Waals surface area contributed by atoms with Crippen LogP contribution in [0, 0.1) is 26.6 Å². The fourth-order valence-corrected chi connectivity index (χ4v) is 2.71. The van der Waals surface area contributed by atoms with Gasteiger partial charge in [0.25, 0.3) is 0 Å². The Morgan fingerprint density at radius 3 is 2.30 bits per heavy atom. The van der Waals surface area contributed by atoms with Gasteiger partial charge in [0.05, 0.1) is 6.04 Å². The molecule has 0 fully saturated rings. The van der Waals surface area contributed by atoms with Crippen LogP contribution < -0.4 is 5.32 Å². The molecule has 0 saturated carbocycles. The summed E-state index contributed by atoms with van der Waals surface area (Å²) < 4.78 is 14.1. The fraction of sp³-hybridized carbons (Fsp3) is 0.294. The number of aryl methyl sites for hydroxylation is 3. The van der Waals surface area contributed by atoms with Crippen molar-refractivity contribution in [3.8, 4) is 0 Å². The Bertz CT molecular complexity index is 637. The van der Waals surface area contributed by atoms with Gasteiger partial charge in [-0.25, -0.2) is 4.39 Å². The maximum atomic E-state index is 14.1. The molecule has 0 spiro atoms. The van der Waals surface area contributed by atoms with Crippen molar-refractivity contribution in [3.63, 3.8) is 0 Å². The van der Waals surface area contributed by atoms with Crippen LogP contribution in [0.5, 0.6) is 0 Å². The number of rotatable bonds is 3. The molecule has 1 nitrogen and oxygen atoms in total. The lowest BCUT2D eigenvalue weighted by molar-refractivity contribution is 0.575. The Morgan fingerprint density at radius 2 is 1.65 bits per heavy atom. The third kappa shape index (κ3) is 2.87. The summed E-state index contributed by atoms with van der Waals surface area (Å²) in [5.41, 5.74) is 4.84. The van der Waals surface area contributed by atoms with E-state index in [1.807, 2.05) is 46.0 Å². The van der Waals surface area contributed by atoms with Gasteiger partial charge in [0.1, 0.15) is 5.82 Å². The third-order valence-electron chi connectivity index (χ3n) is 3.68. The molecule has 0 aromatic heterocycles. The van der Waals surface area contributed by atoms with Crippen molar-refractivity contribution < 1.29 is 4.39 Å². The molecule has 1 unspecified atom stereocenters. The van der Waals surface area contributed by atoms with E-state index in [0.29, 0.717) is 10.6 Å². The molecule has 1 N–H and O–H groups in total. The smallest absolute Gasteiger partial charge is 0.128 e. The van der Waals surface area contributed by atoms with Gasteiger partial charge in [-0.05, 0) is 56.6 Å². The van der Waals surface area contributed by atoms with Crippen LogP contribution in [0.15, 0.2) is 30.3 Å². The van der Waals surface area contributed by atoms with Crippen LogP contribution in [0.1, 0.15) is 33.9 Å². The molecule has 0 aliphatic rings. The lowest BCUT2D eigenvalue weighted by Crippen LogP contribution is -2.20. The zero-order chi connectivity index (χ0) is 14.9. The molecule has 0 saturated heterocycles. The molecule has 0 heterocycles. The minimum Gasteiger partial charge on any atom is -0.309 e. The van der Waals surface area contributed by atoms with Crippen LogP contribution in [0.2, 0.25) is 5.02 Å². The summed E-state index contributed by atoms with van der Waals surface area (Å²) in [4.78, 5) is 0. The predicted octanol–water partition coefficient (Wildman–Crippen LogP) is 4.71. The average Bonchev–Trinajstić information content (AvgIpc) is 2.40. The first kappa shape index (κ1) is 15.0. The lowest BCUT2D eigenvalue weighted by Gasteiger charge is -2.21. The minimum absolute atomic E-state index is 0.218. The Balaban J connectivity index is 2.58. The van der Waals surface area contributed by atoms with Gasteiger partial charge in [0.2, 0.25) is 0 Å². The number of benzene rings is 2. The Labute approximate surface area is 124 Å². The molecular formula is C17H19ClFN. The highest BCUT2D eigenvalue weighted by molar-refractivity contribution is 6.31. The van der Waals surface area contributed by atoms with E-state index < -0.39 is 0 Å². The first-order chi connectivity index (χ1) is 9.43. The number of halogens is 2. The molecule has 0 aliphatic carbocycles. The highest BCUT2D eigenvalue weighted by Crippen LogP contribution is 2.32. The van der Waals surface area contributed by atoms with Crippen molar-refractivity contribution in [3.05, 3.63) is 69.0 Å². The summed E-state index contributed by atoms with van der Waals surface area (Å²) in [5.74, 6) is -0.218. The highest BCUT2D eigenvalue weighted by Gasteiger charge is 2.19. The fourth-order valence-electron chi connectivity index (χ4n) is 2.39. The van der Waals surface area contributed by atoms with Crippen molar-refractivity contribution in [2.45, 2.75) is 26.8 Å². The minimum atomic E-state index is -0.248. The van der Waals surface area contributed by atoms with Gasteiger partial charge in [0, 0.05) is 10.6 Å². The van der Waals surface area contributed by atoms with Gasteiger partial charge in [0.15, 0.2) is 0 Å². The summed E-state index contributed by atoms with van der Waals surface area (Å²) in [6, 6.07) is 8.85. The zero-order valence-corrected chi connectivity index (χ0v) is 13.0. The molecule has 3 heteroatoms. The largest absolute Gasteiger partial charge is 0.309 e. The van der Waals surface area contributed by atoms with E-state index in [-0.39, 0.29) is 11.9 Å². The van der Waals surface area contributed by atoms with E-state index in [1.54, 1.807) is 6.07 Å². The number of nitrogens with one attached hydrogen (secondary N) is 1. The van der Waals surface area contributed by atoms with Crippen LogP contribution in [-0.2, 0) is 0 Å². The quantitative estimate of drug-likeness (QED) is 0.863. The number of hydrogen-bond donors (Lipinski definition) is 1. The first-order valence-corrected chi connectivity index (χ1v) is 7.01. The zero-order valence-electron chi connectivity index (χ0n) is 12.2. The Kier molecular flexibility index (Phi) is 4.46. The molecular weight excluding hydrogens is 273 g/mol. The van der Waals surface area contributed by atoms with E-state index in [2.05, 4.69) is 5.32 Å². The van der Waals surface area contributed by atoms with Crippen molar-refractivity contribution in [1.82, 2.24) is 5.32 Å². The lowest BCUT2D eigenvalue weighted by atomic mass is 9.94. The molecule has 0 bridgehead atoms. The first-order valence-electron chi connectivity index (χ1n) is 6.64. The second-order valence-corrected chi connectivity index (χ2v) is 5.61. The van der Waals surface area contributed by atoms with E-state index in [4.69, 9.17) is 11.6 Å². The SMILES string of the molecule is CNC(c1cc(C)ccc1F)c1cc(C)c(C)cc1Cl. The monoisotopic (exact) mass is 291 g/mol. The summed E-state index contributed by atoms with van der Waals surface area (Å²) >= 11 is 6.35.